The monoisotopic (exact) mass is 370 g/mol. The number of benzene rings is 2. The van der Waals surface area contributed by atoms with Gasteiger partial charge >= 0.3 is 0 Å². The average molecular weight is 370 g/mol. The molecule has 6 heteroatoms. The summed E-state index contributed by atoms with van der Waals surface area (Å²) in [6.07, 6.45) is 0. The van der Waals surface area contributed by atoms with Gasteiger partial charge in [0.05, 0.1) is 30.0 Å². The zero-order valence-electron chi connectivity index (χ0n) is 15.6. The van der Waals surface area contributed by atoms with E-state index in [0.29, 0.717) is 27.8 Å². The van der Waals surface area contributed by atoms with E-state index < -0.39 is 0 Å². The van der Waals surface area contributed by atoms with Gasteiger partial charge in [0.1, 0.15) is 0 Å². The Morgan fingerprint density at radius 3 is 2.58 bits per heavy atom. The second kappa shape index (κ2) is 7.33. The predicted octanol–water partition coefficient (Wildman–Crippen LogP) is 4.12. The molecule has 0 saturated carbocycles. The molecule has 0 unspecified atom stereocenters. The van der Waals surface area contributed by atoms with Crippen LogP contribution in [0.1, 0.15) is 35.7 Å². The second-order valence-corrected chi connectivity index (χ2v) is 7.29. The minimum absolute atomic E-state index is 0.355. The summed E-state index contributed by atoms with van der Waals surface area (Å²) in [6.45, 7) is 4.33. The van der Waals surface area contributed by atoms with Crippen molar-refractivity contribution in [3.8, 4) is 11.5 Å². The molecule has 0 radical (unpaired) electrons. The fraction of sp³-hybridized carbons (Fsp3) is 0.300. The van der Waals surface area contributed by atoms with Crippen LogP contribution in [0.5, 0.6) is 11.5 Å². The molecule has 0 N–H and O–H groups in total. The Labute approximate surface area is 156 Å². The van der Waals surface area contributed by atoms with Crippen molar-refractivity contribution in [1.29, 1.82) is 0 Å². The summed E-state index contributed by atoms with van der Waals surface area (Å²) in [6, 6.07) is 11.6. The van der Waals surface area contributed by atoms with Crippen LogP contribution in [0.4, 0.5) is 0 Å². The number of carbonyl (C=O) groups is 1. The van der Waals surface area contributed by atoms with Crippen molar-refractivity contribution in [1.82, 2.24) is 4.57 Å². The number of fused-ring (bicyclic) bond motifs is 1. The quantitative estimate of drug-likeness (QED) is 0.694. The number of rotatable bonds is 4. The number of nitrogens with zero attached hydrogens (tertiary/aromatic N) is 2. The standard InChI is InChI=1S/C20H22N2O3S/c1-12(2)13-9-10-15-17(11-13)26-20(22(15)3)21-19(23)14-7-6-8-16(24-4)18(14)25-5/h6-12H,1-5H3. The summed E-state index contributed by atoms with van der Waals surface area (Å²) in [5.41, 5.74) is 2.71. The fourth-order valence-corrected chi connectivity index (χ4v) is 3.88. The topological polar surface area (TPSA) is 52.8 Å². The molecule has 3 aromatic rings. The zero-order chi connectivity index (χ0) is 18.8. The molecule has 0 bridgehead atoms. The summed E-state index contributed by atoms with van der Waals surface area (Å²) in [4.78, 5) is 17.7. The molecule has 2 aromatic carbocycles. The van der Waals surface area contributed by atoms with Crippen molar-refractivity contribution >= 4 is 27.5 Å². The Bertz CT molecular complexity index is 1030. The molecule has 3 rings (SSSR count). The predicted molar refractivity (Wildman–Crippen MR) is 104 cm³/mol. The molecule has 0 saturated heterocycles. The smallest absolute Gasteiger partial charge is 0.283 e. The first-order valence-corrected chi connectivity index (χ1v) is 9.17. The molecule has 5 nitrogen and oxygen atoms in total. The van der Waals surface area contributed by atoms with Crippen molar-refractivity contribution in [2.24, 2.45) is 12.0 Å². The van der Waals surface area contributed by atoms with Crippen LogP contribution in [0.3, 0.4) is 0 Å². The third-order valence-electron chi connectivity index (χ3n) is 4.33. The molecule has 0 aliphatic rings. The first-order valence-electron chi connectivity index (χ1n) is 8.35. The third-order valence-corrected chi connectivity index (χ3v) is 5.43. The van der Waals surface area contributed by atoms with Gasteiger partial charge < -0.3 is 14.0 Å². The van der Waals surface area contributed by atoms with Gasteiger partial charge in [0.25, 0.3) is 5.91 Å². The summed E-state index contributed by atoms with van der Waals surface area (Å²) >= 11 is 1.51. The number of hydrogen-bond acceptors (Lipinski definition) is 4. The molecule has 1 aromatic heterocycles. The van der Waals surface area contributed by atoms with E-state index in [-0.39, 0.29) is 5.91 Å². The maximum atomic E-state index is 12.8. The van der Waals surface area contributed by atoms with Gasteiger partial charge in [-0.1, -0.05) is 37.3 Å². The van der Waals surface area contributed by atoms with Crippen molar-refractivity contribution in [3.63, 3.8) is 0 Å². The molecule has 0 spiro atoms. The van der Waals surface area contributed by atoms with Gasteiger partial charge in [-0.05, 0) is 35.7 Å². The first-order chi connectivity index (χ1) is 12.5. The van der Waals surface area contributed by atoms with Gasteiger partial charge in [-0.15, -0.1) is 0 Å². The summed E-state index contributed by atoms with van der Waals surface area (Å²) in [7, 11) is 4.98. The van der Waals surface area contributed by atoms with E-state index in [1.54, 1.807) is 25.3 Å². The highest BCUT2D eigenvalue weighted by Gasteiger charge is 2.16. The van der Waals surface area contributed by atoms with Crippen molar-refractivity contribution in [3.05, 3.63) is 52.3 Å². The molecule has 0 aliphatic carbocycles. The lowest BCUT2D eigenvalue weighted by Crippen LogP contribution is -2.13. The van der Waals surface area contributed by atoms with Gasteiger partial charge in [-0.3, -0.25) is 4.79 Å². The summed E-state index contributed by atoms with van der Waals surface area (Å²) < 4.78 is 13.7. The highest BCUT2D eigenvalue weighted by atomic mass is 32.1. The first kappa shape index (κ1) is 18.2. The van der Waals surface area contributed by atoms with E-state index in [1.807, 2.05) is 11.6 Å². The van der Waals surface area contributed by atoms with Gasteiger partial charge in [-0.2, -0.15) is 4.99 Å². The van der Waals surface area contributed by atoms with Crippen LogP contribution in [0.2, 0.25) is 0 Å². The van der Waals surface area contributed by atoms with E-state index in [1.165, 1.54) is 24.0 Å². The van der Waals surface area contributed by atoms with Gasteiger partial charge in [0, 0.05) is 7.05 Å². The molecular formula is C20H22N2O3S. The second-order valence-electron chi connectivity index (χ2n) is 6.28. The molecule has 0 atom stereocenters. The average Bonchev–Trinajstić information content (AvgIpc) is 2.95. The largest absolute Gasteiger partial charge is 0.493 e. The van der Waals surface area contributed by atoms with Crippen LogP contribution in [0.25, 0.3) is 10.2 Å². The Balaban J connectivity index is 2.10. The molecule has 0 aliphatic heterocycles. The molecule has 26 heavy (non-hydrogen) atoms. The number of ether oxygens (including phenoxy) is 2. The number of methoxy groups -OCH3 is 2. The number of para-hydroxylation sites is 1. The van der Waals surface area contributed by atoms with Crippen LogP contribution >= 0.6 is 11.3 Å². The maximum Gasteiger partial charge on any atom is 0.283 e. The summed E-state index contributed by atoms with van der Waals surface area (Å²) in [5.74, 6) is 1.01. The van der Waals surface area contributed by atoms with Crippen molar-refractivity contribution in [2.75, 3.05) is 14.2 Å². The van der Waals surface area contributed by atoms with Gasteiger partial charge in [0.15, 0.2) is 16.3 Å². The minimum Gasteiger partial charge on any atom is -0.493 e. The third kappa shape index (κ3) is 3.24. The lowest BCUT2D eigenvalue weighted by atomic mass is 10.0. The van der Waals surface area contributed by atoms with Crippen LogP contribution in [-0.4, -0.2) is 24.7 Å². The number of aromatic nitrogens is 1. The van der Waals surface area contributed by atoms with E-state index >= 15 is 0 Å². The van der Waals surface area contributed by atoms with E-state index in [4.69, 9.17) is 9.47 Å². The van der Waals surface area contributed by atoms with Gasteiger partial charge in [-0.25, -0.2) is 0 Å². The number of hydrogen-bond donors (Lipinski definition) is 0. The highest BCUT2D eigenvalue weighted by molar-refractivity contribution is 7.16. The zero-order valence-corrected chi connectivity index (χ0v) is 16.4. The van der Waals surface area contributed by atoms with Crippen LogP contribution in [-0.2, 0) is 7.05 Å². The Hall–Kier alpha value is -2.60. The van der Waals surface area contributed by atoms with E-state index in [9.17, 15) is 4.79 Å². The summed E-state index contributed by atoms with van der Waals surface area (Å²) in [5, 5.41) is 0. The number of thiazole rings is 1. The molecule has 1 amide bonds. The van der Waals surface area contributed by atoms with Crippen molar-refractivity contribution < 1.29 is 14.3 Å². The number of aryl methyl sites for hydroxylation is 1. The fourth-order valence-electron chi connectivity index (χ4n) is 2.82. The Kier molecular flexibility index (Phi) is 5.13. The molecule has 1 heterocycles. The van der Waals surface area contributed by atoms with E-state index in [0.717, 1.165) is 10.2 Å². The molecule has 0 fully saturated rings. The van der Waals surface area contributed by atoms with E-state index in [2.05, 4.69) is 37.0 Å². The Morgan fingerprint density at radius 1 is 1.15 bits per heavy atom. The van der Waals surface area contributed by atoms with Crippen LogP contribution in [0.15, 0.2) is 41.4 Å². The normalized spacial score (nSPS) is 12.0. The lowest BCUT2D eigenvalue weighted by Gasteiger charge is -2.09. The van der Waals surface area contributed by atoms with Crippen molar-refractivity contribution in [2.45, 2.75) is 19.8 Å². The molecule has 136 valence electrons. The lowest BCUT2D eigenvalue weighted by molar-refractivity contribution is 0.0994. The van der Waals surface area contributed by atoms with Crippen LogP contribution < -0.4 is 14.3 Å². The SMILES string of the molecule is COc1cccc(C(=O)N=c2sc3cc(C(C)C)ccc3n2C)c1OC. The minimum atomic E-state index is -0.355. The van der Waals surface area contributed by atoms with Crippen LogP contribution in [0, 0.1) is 0 Å². The Morgan fingerprint density at radius 2 is 1.92 bits per heavy atom. The van der Waals surface area contributed by atoms with Gasteiger partial charge in [0.2, 0.25) is 0 Å². The highest BCUT2D eigenvalue weighted by Crippen LogP contribution is 2.31. The maximum absolute atomic E-state index is 12.8. The molecular weight excluding hydrogens is 348 g/mol. The number of carbonyl (C=O) groups excluding carboxylic acids is 1. The number of amides is 1.